The first-order chi connectivity index (χ1) is 9.59. The van der Waals surface area contributed by atoms with Crippen LogP contribution in [0.15, 0.2) is 24.3 Å². The van der Waals surface area contributed by atoms with Crippen LogP contribution >= 0.6 is 0 Å². The summed E-state index contributed by atoms with van der Waals surface area (Å²) < 4.78 is 0. The lowest BCUT2D eigenvalue weighted by atomic mass is 9.98. The van der Waals surface area contributed by atoms with Crippen LogP contribution in [0.2, 0.25) is 0 Å². The third-order valence-electron chi connectivity index (χ3n) is 4.56. The van der Waals surface area contributed by atoms with Crippen LogP contribution in [-0.4, -0.2) is 35.3 Å². The molecule has 1 saturated heterocycles. The van der Waals surface area contributed by atoms with Crippen LogP contribution < -0.4 is 4.90 Å². The summed E-state index contributed by atoms with van der Waals surface area (Å²) in [6.45, 7) is 4.91. The molecule has 2 atom stereocenters. The number of hydrogen-bond donors (Lipinski definition) is 0. The monoisotopic (exact) mass is 272 g/mol. The standard InChI is InChI=1S/C16H20N2O2/c1-11-6-5-7-12(2)17(11)10-18-14-9-4-3-8-13(14)15(19)16(18)20/h3-4,8-9,11-12H,5-7,10H2,1-2H3. The van der Waals surface area contributed by atoms with Crippen molar-refractivity contribution in [2.75, 3.05) is 11.6 Å². The molecule has 2 aliphatic heterocycles. The van der Waals surface area contributed by atoms with Gasteiger partial charge in [0, 0.05) is 12.1 Å². The number of Topliss-reactive ketones (excluding diaryl/α,β-unsaturated/α-hetero) is 1. The first-order valence-electron chi connectivity index (χ1n) is 7.30. The van der Waals surface area contributed by atoms with Crippen molar-refractivity contribution in [1.82, 2.24) is 4.90 Å². The van der Waals surface area contributed by atoms with Gasteiger partial charge in [0.15, 0.2) is 0 Å². The quantitative estimate of drug-likeness (QED) is 0.776. The molecule has 1 amide bonds. The number of fused-ring (bicyclic) bond motifs is 1. The summed E-state index contributed by atoms with van der Waals surface area (Å²) in [6, 6.07) is 8.18. The number of para-hydroxylation sites is 1. The van der Waals surface area contributed by atoms with Crippen LogP contribution in [0.3, 0.4) is 0 Å². The molecule has 106 valence electrons. The van der Waals surface area contributed by atoms with E-state index in [0.717, 1.165) is 18.5 Å². The zero-order valence-corrected chi connectivity index (χ0v) is 12.0. The van der Waals surface area contributed by atoms with Gasteiger partial charge in [0.1, 0.15) is 0 Å². The predicted octanol–water partition coefficient (Wildman–Crippen LogP) is 2.44. The lowest BCUT2D eigenvalue weighted by Crippen LogP contribution is -2.50. The number of likely N-dealkylation sites (tertiary alicyclic amines) is 1. The van der Waals surface area contributed by atoms with Gasteiger partial charge in [-0.15, -0.1) is 0 Å². The summed E-state index contributed by atoms with van der Waals surface area (Å²) in [4.78, 5) is 28.2. The maximum Gasteiger partial charge on any atom is 0.300 e. The van der Waals surface area contributed by atoms with E-state index in [1.54, 1.807) is 17.0 Å². The minimum atomic E-state index is -0.392. The normalized spacial score (nSPS) is 27.0. The Bertz CT molecular complexity index is 545. The van der Waals surface area contributed by atoms with E-state index in [1.807, 2.05) is 12.1 Å². The molecule has 3 rings (SSSR count). The molecule has 4 heteroatoms. The molecular formula is C16H20N2O2. The Morgan fingerprint density at radius 3 is 2.45 bits per heavy atom. The van der Waals surface area contributed by atoms with Crippen LogP contribution in [0.1, 0.15) is 43.5 Å². The molecule has 0 spiro atoms. The Morgan fingerprint density at radius 2 is 1.75 bits per heavy atom. The van der Waals surface area contributed by atoms with Gasteiger partial charge < -0.3 is 0 Å². The van der Waals surface area contributed by atoms with Gasteiger partial charge in [-0.05, 0) is 38.8 Å². The van der Waals surface area contributed by atoms with Crippen LogP contribution in [0.5, 0.6) is 0 Å². The minimum Gasteiger partial charge on any atom is -0.291 e. The second-order valence-corrected chi connectivity index (χ2v) is 5.86. The molecule has 0 saturated carbocycles. The van der Waals surface area contributed by atoms with Gasteiger partial charge in [-0.1, -0.05) is 18.6 Å². The van der Waals surface area contributed by atoms with E-state index >= 15 is 0 Å². The van der Waals surface area contributed by atoms with Crippen molar-refractivity contribution < 1.29 is 9.59 Å². The molecule has 20 heavy (non-hydrogen) atoms. The maximum absolute atomic E-state index is 12.2. The largest absolute Gasteiger partial charge is 0.300 e. The second-order valence-electron chi connectivity index (χ2n) is 5.86. The number of carbonyl (C=O) groups is 2. The fourth-order valence-corrected chi connectivity index (χ4v) is 3.31. The molecule has 1 fully saturated rings. The summed E-state index contributed by atoms with van der Waals surface area (Å²) in [5, 5.41) is 0. The van der Waals surface area contributed by atoms with Crippen molar-refractivity contribution >= 4 is 17.4 Å². The molecule has 0 bridgehead atoms. The van der Waals surface area contributed by atoms with Crippen molar-refractivity contribution in [3.05, 3.63) is 29.8 Å². The van der Waals surface area contributed by atoms with Gasteiger partial charge in [0.05, 0.1) is 17.9 Å². The number of amides is 1. The van der Waals surface area contributed by atoms with E-state index in [9.17, 15) is 9.59 Å². The van der Waals surface area contributed by atoms with E-state index in [2.05, 4.69) is 18.7 Å². The highest BCUT2D eigenvalue weighted by Gasteiger charge is 2.38. The Hall–Kier alpha value is -1.68. The van der Waals surface area contributed by atoms with E-state index in [1.165, 1.54) is 6.42 Å². The van der Waals surface area contributed by atoms with E-state index in [-0.39, 0.29) is 5.78 Å². The van der Waals surface area contributed by atoms with Crippen molar-refractivity contribution in [2.24, 2.45) is 0 Å². The van der Waals surface area contributed by atoms with Gasteiger partial charge in [0.2, 0.25) is 0 Å². The fraction of sp³-hybridized carbons (Fsp3) is 0.500. The highest BCUT2D eigenvalue weighted by molar-refractivity contribution is 6.52. The molecular weight excluding hydrogens is 252 g/mol. The van der Waals surface area contributed by atoms with E-state index < -0.39 is 5.91 Å². The first kappa shape index (κ1) is 13.3. The molecule has 2 aliphatic rings. The average Bonchev–Trinajstić information content (AvgIpc) is 2.68. The summed E-state index contributed by atoms with van der Waals surface area (Å²) in [5.41, 5.74) is 1.29. The van der Waals surface area contributed by atoms with Gasteiger partial charge in [-0.3, -0.25) is 19.4 Å². The average molecular weight is 272 g/mol. The summed E-state index contributed by atoms with van der Waals surface area (Å²) in [6.07, 6.45) is 3.55. The Balaban J connectivity index is 1.87. The number of ketones is 1. The Morgan fingerprint density at radius 1 is 1.10 bits per heavy atom. The van der Waals surface area contributed by atoms with Crippen molar-refractivity contribution in [3.63, 3.8) is 0 Å². The van der Waals surface area contributed by atoms with Crippen LogP contribution in [0, 0.1) is 0 Å². The number of nitrogens with zero attached hydrogens (tertiary/aromatic N) is 2. The Kier molecular flexibility index (Phi) is 3.34. The van der Waals surface area contributed by atoms with Gasteiger partial charge >= 0.3 is 5.91 Å². The first-order valence-corrected chi connectivity index (χ1v) is 7.30. The second kappa shape index (κ2) is 5.02. The summed E-state index contributed by atoms with van der Waals surface area (Å²) >= 11 is 0. The number of rotatable bonds is 2. The third kappa shape index (κ3) is 2.04. The van der Waals surface area contributed by atoms with Crippen LogP contribution in [0.25, 0.3) is 0 Å². The van der Waals surface area contributed by atoms with Gasteiger partial charge in [-0.2, -0.15) is 0 Å². The van der Waals surface area contributed by atoms with Crippen LogP contribution in [-0.2, 0) is 4.79 Å². The minimum absolute atomic E-state index is 0.377. The SMILES string of the molecule is CC1CCCC(C)N1CN1C(=O)C(=O)c2ccccc21. The maximum atomic E-state index is 12.2. The Labute approximate surface area is 119 Å². The molecule has 0 aliphatic carbocycles. The third-order valence-corrected chi connectivity index (χ3v) is 4.56. The number of hydrogen-bond acceptors (Lipinski definition) is 3. The molecule has 4 nitrogen and oxygen atoms in total. The van der Waals surface area contributed by atoms with Crippen molar-refractivity contribution in [1.29, 1.82) is 0 Å². The zero-order chi connectivity index (χ0) is 14.3. The van der Waals surface area contributed by atoms with Crippen LogP contribution in [0.4, 0.5) is 5.69 Å². The summed E-state index contributed by atoms with van der Waals surface area (Å²) in [5.74, 6) is -0.769. The molecule has 0 N–H and O–H groups in total. The highest BCUT2D eigenvalue weighted by Crippen LogP contribution is 2.31. The number of anilines is 1. The molecule has 1 aromatic carbocycles. The lowest BCUT2D eigenvalue weighted by molar-refractivity contribution is -0.115. The highest BCUT2D eigenvalue weighted by atomic mass is 16.2. The summed E-state index contributed by atoms with van der Waals surface area (Å²) in [7, 11) is 0. The van der Waals surface area contributed by atoms with Gasteiger partial charge in [0.25, 0.3) is 5.78 Å². The smallest absolute Gasteiger partial charge is 0.291 e. The van der Waals surface area contributed by atoms with Crippen molar-refractivity contribution in [3.8, 4) is 0 Å². The zero-order valence-electron chi connectivity index (χ0n) is 12.0. The number of carbonyl (C=O) groups excluding carboxylic acids is 2. The molecule has 0 radical (unpaired) electrons. The topological polar surface area (TPSA) is 40.6 Å². The lowest BCUT2D eigenvalue weighted by Gasteiger charge is -2.40. The number of piperidine rings is 1. The molecule has 2 unspecified atom stereocenters. The molecule has 0 aromatic heterocycles. The fourth-order valence-electron chi connectivity index (χ4n) is 3.31. The van der Waals surface area contributed by atoms with Crippen molar-refractivity contribution in [2.45, 2.75) is 45.2 Å². The number of benzene rings is 1. The molecule has 2 heterocycles. The van der Waals surface area contributed by atoms with E-state index in [4.69, 9.17) is 0 Å². The molecule has 1 aromatic rings. The van der Waals surface area contributed by atoms with E-state index in [0.29, 0.717) is 24.3 Å². The van der Waals surface area contributed by atoms with Gasteiger partial charge in [-0.25, -0.2) is 0 Å². The predicted molar refractivity (Wildman–Crippen MR) is 77.7 cm³/mol.